The van der Waals surface area contributed by atoms with Gasteiger partial charge in [-0.3, -0.25) is 0 Å². The number of rotatable bonds is 10. The van der Waals surface area contributed by atoms with Gasteiger partial charge in [0.05, 0.1) is 42.6 Å². The van der Waals surface area contributed by atoms with E-state index in [4.69, 9.17) is 47.4 Å². The molecule has 3 heterocycles. The van der Waals surface area contributed by atoms with Crippen LogP contribution in [0.2, 0.25) is 10.0 Å². The molecule has 4 rings (SSSR count). The SMILES string of the molecule is COc1cc(OC)c(Cl)c(-c2cc3cnc(NC4CCOC4)nc3c(NCCCN(C)C)n2)c1Cl. The third-order valence-electron chi connectivity index (χ3n) is 5.73. The van der Waals surface area contributed by atoms with E-state index in [0.717, 1.165) is 37.9 Å². The lowest BCUT2D eigenvalue weighted by atomic mass is 10.1. The van der Waals surface area contributed by atoms with Crippen LogP contribution in [-0.4, -0.2) is 80.5 Å². The first-order valence-corrected chi connectivity index (χ1v) is 12.2. The molecule has 3 aromatic rings. The van der Waals surface area contributed by atoms with Crippen LogP contribution in [0.3, 0.4) is 0 Å². The Hall–Kier alpha value is -2.59. The first-order valence-electron chi connectivity index (χ1n) is 11.4. The molecule has 1 unspecified atom stereocenters. The Morgan fingerprint density at radius 3 is 2.49 bits per heavy atom. The zero-order chi connectivity index (χ0) is 24.9. The van der Waals surface area contributed by atoms with Gasteiger partial charge in [0.1, 0.15) is 17.0 Å². The molecule has 1 saturated heterocycles. The summed E-state index contributed by atoms with van der Waals surface area (Å²) >= 11 is 13.4. The molecule has 1 aliphatic heterocycles. The van der Waals surface area contributed by atoms with Crippen molar-refractivity contribution in [3.05, 3.63) is 28.4 Å². The van der Waals surface area contributed by atoms with Crippen molar-refractivity contribution < 1.29 is 14.2 Å². The number of methoxy groups -OCH3 is 2. The smallest absolute Gasteiger partial charge is 0.223 e. The average molecular weight is 521 g/mol. The predicted octanol–water partition coefficient (Wildman–Crippen LogP) is 4.58. The van der Waals surface area contributed by atoms with Crippen LogP contribution in [0, 0.1) is 0 Å². The molecule has 0 bridgehead atoms. The number of benzene rings is 1. The summed E-state index contributed by atoms with van der Waals surface area (Å²) in [6.45, 7) is 3.04. The minimum Gasteiger partial charge on any atom is -0.495 e. The third kappa shape index (κ3) is 5.81. The molecule has 188 valence electrons. The summed E-state index contributed by atoms with van der Waals surface area (Å²) < 4.78 is 16.3. The number of hydrogen-bond acceptors (Lipinski definition) is 9. The van der Waals surface area contributed by atoms with E-state index in [1.54, 1.807) is 26.5 Å². The Bertz CT molecular complexity index is 1160. The van der Waals surface area contributed by atoms with Crippen LogP contribution in [-0.2, 0) is 4.74 Å². The maximum absolute atomic E-state index is 6.68. The predicted molar refractivity (Wildman–Crippen MR) is 140 cm³/mol. The Labute approximate surface area is 215 Å². The molecule has 0 radical (unpaired) electrons. The number of fused-ring (bicyclic) bond motifs is 1. The molecule has 2 aromatic heterocycles. The summed E-state index contributed by atoms with van der Waals surface area (Å²) in [6, 6.07) is 3.72. The highest BCUT2D eigenvalue weighted by atomic mass is 35.5. The van der Waals surface area contributed by atoms with Crippen LogP contribution < -0.4 is 20.1 Å². The van der Waals surface area contributed by atoms with E-state index in [2.05, 4.69) is 20.5 Å². The highest BCUT2D eigenvalue weighted by Crippen LogP contribution is 2.46. The lowest BCUT2D eigenvalue weighted by molar-refractivity contribution is 0.195. The molecule has 9 nitrogen and oxygen atoms in total. The zero-order valence-electron chi connectivity index (χ0n) is 20.3. The van der Waals surface area contributed by atoms with Gasteiger partial charge in [-0.1, -0.05) is 23.2 Å². The summed E-state index contributed by atoms with van der Waals surface area (Å²) in [5, 5.41) is 8.29. The number of anilines is 2. The van der Waals surface area contributed by atoms with Crippen molar-refractivity contribution in [3.63, 3.8) is 0 Å². The largest absolute Gasteiger partial charge is 0.495 e. The van der Waals surface area contributed by atoms with Crippen molar-refractivity contribution >= 4 is 45.9 Å². The molecular formula is C24H30Cl2N6O3. The Kier molecular flexibility index (Phi) is 8.33. The van der Waals surface area contributed by atoms with Gasteiger partial charge in [0.2, 0.25) is 5.95 Å². The normalized spacial score (nSPS) is 15.6. The second kappa shape index (κ2) is 11.4. The number of nitrogens with one attached hydrogen (secondary N) is 2. The van der Waals surface area contributed by atoms with Gasteiger partial charge in [-0.05, 0) is 39.5 Å². The van der Waals surface area contributed by atoms with E-state index in [-0.39, 0.29) is 6.04 Å². The Morgan fingerprint density at radius 1 is 1.11 bits per heavy atom. The van der Waals surface area contributed by atoms with Gasteiger partial charge in [-0.15, -0.1) is 0 Å². The van der Waals surface area contributed by atoms with Crippen molar-refractivity contribution in [2.75, 3.05) is 65.3 Å². The van der Waals surface area contributed by atoms with Crippen molar-refractivity contribution in [2.45, 2.75) is 18.9 Å². The second-order valence-corrected chi connectivity index (χ2v) is 9.32. The second-order valence-electron chi connectivity index (χ2n) is 8.56. The van der Waals surface area contributed by atoms with Crippen LogP contribution in [0.1, 0.15) is 12.8 Å². The topological polar surface area (TPSA) is 93.7 Å². The van der Waals surface area contributed by atoms with Crippen molar-refractivity contribution in [1.82, 2.24) is 19.9 Å². The first kappa shape index (κ1) is 25.5. The maximum Gasteiger partial charge on any atom is 0.223 e. The Balaban J connectivity index is 1.79. The van der Waals surface area contributed by atoms with Gasteiger partial charge < -0.3 is 29.7 Å². The quantitative estimate of drug-likeness (QED) is 0.372. The number of halogens is 2. The summed E-state index contributed by atoms with van der Waals surface area (Å²) in [7, 11) is 7.18. The molecule has 35 heavy (non-hydrogen) atoms. The van der Waals surface area contributed by atoms with E-state index in [1.165, 1.54) is 0 Å². The average Bonchev–Trinajstić information content (AvgIpc) is 3.35. The molecule has 2 N–H and O–H groups in total. The van der Waals surface area contributed by atoms with Crippen LogP contribution in [0.4, 0.5) is 11.8 Å². The molecule has 0 aliphatic carbocycles. The van der Waals surface area contributed by atoms with Crippen molar-refractivity contribution in [1.29, 1.82) is 0 Å². The molecule has 11 heteroatoms. The van der Waals surface area contributed by atoms with E-state index in [9.17, 15) is 0 Å². The van der Waals surface area contributed by atoms with Crippen LogP contribution >= 0.6 is 23.2 Å². The van der Waals surface area contributed by atoms with Gasteiger partial charge in [-0.2, -0.15) is 0 Å². The summed E-state index contributed by atoms with van der Waals surface area (Å²) in [5.74, 6) is 2.05. The van der Waals surface area contributed by atoms with E-state index in [1.807, 2.05) is 20.2 Å². The van der Waals surface area contributed by atoms with Gasteiger partial charge in [-0.25, -0.2) is 15.0 Å². The van der Waals surface area contributed by atoms with Gasteiger partial charge in [0.15, 0.2) is 5.82 Å². The number of nitrogens with zero attached hydrogens (tertiary/aromatic N) is 4. The molecule has 0 spiro atoms. The monoisotopic (exact) mass is 520 g/mol. The van der Waals surface area contributed by atoms with Gasteiger partial charge in [0.25, 0.3) is 0 Å². The number of hydrogen-bond donors (Lipinski definition) is 2. The number of aromatic nitrogens is 3. The molecule has 1 fully saturated rings. The maximum atomic E-state index is 6.68. The molecular weight excluding hydrogens is 491 g/mol. The van der Waals surface area contributed by atoms with Crippen LogP contribution in [0.15, 0.2) is 18.3 Å². The molecule has 1 atom stereocenters. The fourth-order valence-corrected chi connectivity index (χ4v) is 4.60. The van der Waals surface area contributed by atoms with Crippen molar-refractivity contribution in [3.8, 4) is 22.8 Å². The lowest BCUT2D eigenvalue weighted by Crippen LogP contribution is -2.20. The Morgan fingerprint density at radius 2 is 1.86 bits per heavy atom. The molecule has 0 amide bonds. The molecule has 1 aromatic carbocycles. The minimum absolute atomic E-state index is 0.193. The highest BCUT2D eigenvalue weighted by Gasteiger charge is 2.22. The zero-order valence-corrected chi connectivity index (χ0v) is 21.8. The number of ether oxygens (including phenoxy) is 3. The lowest BCUT2D eigenvalue weighted by Gasteiger charge is -2.17. The molecule has 0 saturated carbocycles. The minimum atomic E-state index is 0.193. The summed E-state index contributed by atoms with van der Waals surface area (Å²) in [6.07, 6.45) is 3.63. The fourth-order valence-electron chi connectivity index (χ4n) is 3.90. The standard InChI is InChI=1S/C24H30Cl2N6O3/c1-32(2)8-5-7-27-23-22-14(12-28-24(31-22)29-15-6-9-35-13-15)10-16(30-23)19-20(25)17(33-3)11-18(34-4)21(19)26/h10-12,15H,5-9,13H2,1-4H3,(H,27,30)(H,28,29,31). The summed E-state index contributed by atoms with van der Waals surface area (Å²) in [5.41, 5.74) is 1.79. The van der Waals surface area contributed by atoms with Gasteiger partial charge in [0, 0.05) is 36.4 Å². The number of pyridine rings is 1. The molecule has 1 aliphatic rings. The highest BCUT2D eigenvalue weighted by molar-refractivity contribution is 6.41. The van der Waals surface area contributed by atoms with Crippen LogP contribution in [0.25, 0.3) is 22.2 Å². The first-order chi connectivity index (χ1) is 16.9. The van der Waals surface area contributed by atoms with E-state index >= 15 is 0 Å². The van der Waals surface area contributed by atoms with Gasteiger partial charge >= 0.3 is 0 Å². The summed E-state index contributed by atoms with van der Waals surface area (Å²) in [4.78, 5) is 16.3. The van der Waals surface area contributed by atoms with Crippen LogP contribution in [0.5, 0.6) is 11.5 Å². The van der Waals surface area contributed by atoms with E-state index in [0.29, 0.717) is 56.7 Å². The third-order valence-corrected chi connectivity index (χ3v) is 6.48. The fraction of sp³-hybridized carbons (Fsp3) is 0.458. The van der Waals surface area contributed by atoms with Crippen molar-refractivity contribution in [2.24, 2.45) is 0 Å². The van der Waals surface area contributed by atoms with E-state index < -0.39 is 0 Å².